The van der Waals surface area contributed by atoms with Crippen molar-refractivity contribution < 1.29 is 9.53 Å². The van der Waals surface area contributed by atoms with Gasteiger partial charge in [0.15, 0.2) is 0 Å². The first-order chi connectivity index (χ1) is 15.3. The maximum atomic E-state index is 12.9. The van der Waals surface area contributed by atoms with Crippen LogP contribution in [0.2, 0.25) is 0 Å². The number of anilines is 2. The molecule has 0 aromatic heterocycles. The van der Waals surface area contributed by atoms with Crippen LogP contribution < -0.4 is 27.7 Å². The van der Waals surface area contributed by atoms with E-state index in [1.807, 2.05) is 0 Å². The van der Waals surface area contributed by atoms with Crippen molar-refractivity contribution >= 4 is 30.0 Å². The van der Waals surface area contributed by atoms with Crippen LogP contribution in [0, 0.1) is 17.8 Å². The van der Waals surface area contributed by atoms with Crippen molar-refractivity contribution in [3.63, 3.8) is 0 Å². The predicted octanol–water partition coefficient (Wildman–Crippen LogP) is 4.35. The molecule has 3 fully saturated rings. The zero-order valence-electron chi connectivity index (χ0n) is 19.1. The summed E-state index contributed by atoms with van der Waals surface area (Å²) in [5.74, 6) is 1.92. The van der Waals surface area contributed by atoms with Crippen LogP contribution in [-0.2, 0) is 4.79 Å². The molecule has 0 atom stereocenters. The van der Waals surface area contributed by atoms with Crippen LogP contribution in [0.1, 0.15) is 88.5 Å². The van der Waals surface area contributed by atoms with Gasteiger partial charge < -0.3 is 27.7 Å². The fourth-order valence-corrected chi connectivity index (χ4v) is 6.51. The molecule has 32 heavy (non-hydrogen) atoms. The average molecular weight is 461 g/mol. The number of hydrogen-bond donors (Lipinski definition) is 5. The van der Waals surface area contributed by atoms with E-state index in [9.17, 15) is 4.79 Å². The number of thiol groups is 1. The topological polar surface area (TPSA) is 130 Å². The van der Waals surface area contributed by atoms with Gasteiger partial charge in [-0.3, -0.25) is 4.79 Å². The highest BCUT2D eigenvalue weighted by molar-refractivity contribution is 7.80. The standard InChI is InChI=1S/C25H40N4O2S/c26-18-9-5-15(6-10-18)14-1-3-17(4-2-14)25(30)31-21-13-20(28)22(23(29)24(21)32)16-7-11-19(27)12-8-16/h13-19,32H,1-12,26-29H2. The number of carbonyl (C=O) groups is 1. The van der Waals surface area contributed by atoms with Gasteiger partial charge in [0.05, 0.1) is 16.5 Å². The summed E-state index contributed by atoms with van der Waals surface area (Å²) in [7, 11) is 0. The molecular weight excluding hydrogens is 420 g/mol. The van der Waals surface area contributed by atoms with Gasteiger partial charge in [0, 0.05) is 29.4 Å². The number of nitrogens with two attached hydrogens (primary N) is 4. The maximum absolute atomic E-state index is 12.9. The molecule has 1 aromatic carbocycles. The molecule has 8 N–H and O–H groups in total. The van der Waals surface area contributed by atoms with Crippen molar-refractivity contribution in [2.24, 2.45) is 29.2 Å². The molecule has 0 amide bonds. The van der Waals surface area contributed by atoms with Crippen molar-refractivity contribution in [2.45, 2.75) is 99.9 Å². The minimum absolute atomic E-state index is 0.0632. The predicted molar refractivity (Wildman–Crippen MR) is 133 cm³/mol. The zero-order chi connectivity index (χ0) is 22.8. The second-order valence-corrected chi connectivity index (χ2v) is 10.9. The molecule has 0 aliphatic heterocycles. The molecule has 3 aliphatic rings. The Balaban J connectivity index is 1.36. The van der Waals surface area contributed by atoms with Crippen LogP contribution in [0.15, 0.2) is 11.0 Å². The van der Waals surface area contributed by atoms with Crippen molar-refractivity contribution in [3.8, 4) is 5.75 Å². The Hall–Kier alpha value is -1.44. The van der Waals surface area contributed by atoms with Crippen molar-refractivity contribution in [1.82, 2.24) is 0 Å². The van der Waals surface area contributed by atoms with E-state index in [1.165, 1.54) is 12.8 Å². The molecular formula is C25H40N4O2S. The summed E-state index contributed by atoms with van der Waals surface area (Å²) in [5, 5.41) is 0. The van der Waals surface area contributed by atoms with Gasteiger partial charge in [-0.25, -0.2) is 0 Å². The maximum Gasteiger partial charge on any atom is 0.314 e. The largest absolute Gasteiger partial charge is 0.425 e. The lowest BCUT2D eigenvalue weighted by Gasteiger charge is -2.36. The smallest absolute Gasteiger partial charge is 0.314 e. The number of hydrogen-bond acceptors (Lipinski definition) is 7. The summed E-state index contributed by atoms with van der Waals surface area (Å²) in [5.41, 5.74) is 27.0. The molecule has 7 heteroatoms. The minimum Gasteiger partial charge on any atom is -0.425 e. The van der Waals surface area contributed by atoms with E-state index in [1.54, 1.807) is 6.07 Å². The molecule has 0 saturated heterocycles. The fourth-order valence-electron chi connectivity index (χ4n) is 6.28. The second-order valence-electron chi connectivity index (χ2n) is 10.5. The van der Waals surface area contributed by atoms with Gasteiger partial charge in [0.25, 0.3) is 0 Å². The Bertz CT molecular complexity index is 809. The number of carbonyl (C=O) groups excluding carboxylic acids is 1. The highest BCUT2D eigenvalue weighted by Gasteiger charge is 2.34. The average Bonchev–Trinajstić information content (AvgIpc) is 2.79. The van der Waals surface area contributed by atoms with Crippen molar-refractivity contribution in [2.75, 3.05) is 11.5 Å². The normalized spacial score (nSPS) is 33.6. The molecule has 3 aliphatic carbocycles. The van der Waals surface area contributed by atoms with Crippen LogP contribution >= 0.6 is 12.6 Å². The van der Waals surface area contributed by atoms with Crippen molar-refractivity contribution in [3.05, 3.63) is 11.6 Å². The van der Waals surface area contributed by atoms with E-state index >= 15 is 0 Å². The molecule has 0 heterocycles. The second kappa shape index (κ2) is 10.2. The van der Waals surface area contributed by atoms with Crippen LogP contribution in [0.4, 0.5) is 11.4 Å². The SMILES string of the molecule is Nc1cc(OC(=O)C2CCC(C3CCC(N)CC3)CC2)c(S)c(N)c1C1CCC(N)CC1. The van der Waals surface area contributed by atoms with E-state index in [0.717, 1.165) is 81.6 Å². The summed E-state index contributed by atoms with van der Waals surface area (Å²) in [6.07, 6.45) is 12.6. The Morgan fingerprint density at radius 3 is 1.88 bits per heavy atom. The fraction of sp³-hybridized carbons (Fsp3) is 0.720. The molecule has 0 unspecified atom stereocenters. The molecule has 4 rings (SSSR count). The van der Waals surface area contributed by atoms with E-state index in [2.05, 4.69) is 12.6 Å². The molecule has 3 saturated carbocycles. The van der Waals surface area contributed by atoms with Gasteiger partial charge in [-0.1, -0.05) is 0 Å². The number of esters is 1. The van der Waals surface area contributed by atoms with Gasteiger partial charge in [-0.15, -0.1) is 12.6 Å². The summed E-state index contributed by atoms with van der Waals surface area (Å²) in [4.78, 5) is 13.4. The first-order valence-corrected chi connectivity index (χ1v) is 12.9. The van der Waals surface area contributed by atoms with Gasteiger partial charge in [-0.05, 0) is 94.8 Å². The third kappa shape index (κ3) is 5.20. The van der Waals surface area contributed by atoms with E-state index in [-0.39, 0.29) is 23.8 Å². The molecule has 0 radical (unpaired) electrons. The third-order valence-corrected chi connectivity index (χ3v) is 8.82. The molecule has 6 nitrogen and oxygen atoms in total. The Labute approximate surface area is 197 Å². The van der Waals surface area contributed by atoms with Gasteiger partial charge in [-0.2, -0.15) is 0 Å². The first-order valence-electron chi connectivity index (χ1n) is 12.5. The Morgan fingerprint density at radius 1 is 0.812 bits per heavy atom. The van der Waals surface area contributed by atoms with E-state index in [4.69, 9.17) is 27.7 Å². The van der Waals surface area contributed by atoms with Crippen LogP contribution in [0.25, 0.3) is 0 Å². The van der Waals surface area contributed by atoms with Crippen LogP contribution in [-0.4, -0.2) is 18.1 Å². The van der Waals surface area contributed by atoms with Crippen molar-refractivity contribution in [1.29, 1.82) is 0 Å². The zero-order valence-corrected chi connectivity index (χ0v) is 20.0. The van der Waals surface area contributed by atoms with Crippen LogP contribution in [0.3, 0.4) is 0 Å². The first kappa shape index (κ1) is 23.7. The third-order valence-electron chi connectivity index (χ3n) is 8.36. The van der Waals surface area contributed by atoms with E-state index < -0.39 is 0 Å². The van der Waals surface area contributed by atoms with E-state index in [0.29, 0.717) is 28.1 Å². The highest BCUT2D eigenvalue weighted by atomic mass is 32.1. The number of rotatable bonds is 4. The molecule has 0 bridgehead atoms. The van der Waals surface area contributed by atoms with Gasteiger partial charge >= 0.3 is 5.97 Å². The molecule has 1 aromatic rings. The summed E-state index contributed by atoms with van der Waals surface area (Å²) >= 11 is 4.60. The molecule has 0 spiro atoms. The van der Waals surface area contributed by atoms with Gasteiger partial charge in [0.1, 0.15) is 5.75 Å². The quantitative estimate of drug-likeness (QED) is 0.196. The molecule has 178 valence electrons. The summed E-state index contributed by atoms with van der Waals surface area (Å²) < 4.78 is 5.79. The highest BCUT2D eigenvalue weighted by Crippen LogP contribution is 2.45. The number of nitrogen functional groups attached to an aromatic ring is 2. The Kier molecular flexibility index (Phi) is 7.58. The van der Waals surface area contributed by atoms with Gasteiger partial charge in [0.2, 0.25) is 0 Å². The minimum atomic E-state index is -0.181. The summed E-state index contributed by atoms with van der Waals surface area (Å²) in [6, 6.07) is 2.38. The van der Waals surface area contributed by atoms with Crippen LogP contribution in [0.5, 0.6) is 5.75 Å². The number of ether oxygens (including phenoxy) is 1. The lowest BCUT2D eigenvalue weighted by atomic mass is 9.70. The Morgan fingerprint density at radius 2 is 1.31 bits per heavy atom. The monoisotopic (exact) mass is 460 g/mol. The summed E-state index contributed by atoms with van der Waals surface area (Å²) in [6.45, 7) is 0. The lowest BCUT2D eigenvalue weighted by Crippen LogP contribution is -2.33. The number of benzene rings is 1. The lowest BCUT2D eigenvalue weighted by molar-refractivity contribution is -0.140.